The highest BCUT2D eigenvalue weighted by molar-refractivity contribution is 5.49. The molecule has 0 atom stereocenters. The molecule has 27 heavy (non-hydrogen) atoms. The number of benzene rings is 2. The lowest BCUT2D eigenvalue weighted by Crippen LogP contribution is -2.39. The second kappa shape index (κ2) is 9.27. The molecule has 0 radical (unpaired) electrons. The van der Waals surface area contributed by atoms with Gasteiger partial charge in [0.25, 0.3) is 0 Å². The van der Waals surface area contributed by atoms with Crippen LogP contribution in [0.3, 0.4) is 0 Å². The minimum atomic E-state index is 0.137. The fourth-order valence-corrected chi connectivity index (χ4v) is 3.41. The summed E-state index contributed by atoms with van der Waals surface area (Å²) in [4.78, 5) is 0. The van der Waals surface area contributed by atoms with E-state index in [-0.39, 0.29) is 11.5 Å². The lowest BCUT2D eigenvalue weighted by Gasteiger charge is -2.28. The molecule has 0 heterocycles. The molecule has 3 nitrogen and oxygen atoms in total. The molecule has 0 saturated heterocycles. The Bertz CT molecular complexity index is 699. The fourth-order valence-electron chi connectivity index (χ4n) is 3.41. The van der Waals surface area contributed by atoms with Crippen LogP contribution in [0.2, 0.25) is 0 Å². The molecule has 0 unspecified atom stereocenters. The first kappa shape index (κ1) is 21.3. The highest BCUT2D eigenvalue weighted by atomic mass is 16.5. The maximum Gasteiger partial charge on any atom is 0.122 e. The lowest BCUT2D eigenvalue weighted by atomic mass is 9.85. The molecule has 2 rings (SSSR count). The first-order chi connectivity index (χ1) is 12.8. The zero-order valence-electron chi connectivity index (χ0n) is 18.0. The van der Waals surface area contributed by atoms with E-state index in [0.29, 0.717) is 0 Å². The van der Waals surface area contributed by atoms with E-state index < -0.39 is 0 Å². The quantitative estimate of drug-likeness (QED) is 0.622. The third-order valence-corrected chi connectivity index (χ3v) is 5.44. The summed E-state index contributed by atoms with van der Waals surface area (Å²) >= 11 is 0. The first-order valence-electron chi connectivity index (χ1n) is 9.85. The van der Waals surface area contributed by atoms with E-state index in [0.717, 1.165) is 30.9 Å². The highest BCUT2D eigenvalue weighted by Crippen LogP contribution is 2.39. The van der Waals surface area contributed by atoms with Crippen LogP contribution in [0, 0.1) is 13.8 Å². The molecule has 148 valence electrons. The Kier molecular flexibility index (Phi) is 7.32. The van der Waals surface area contributed by atoms with Gasteiger partial charge in [0.15, 0.2) is 0 Å². The van der Waals surface area contributed by atoms with Crippen LogP contribution in [0.15, 0.2) is 36.4 Å². The van der Waals surface area contributed by atoms with Crippen LogP contribution in [0.25, 0.3) is 0 Å². The number of hydrogen-bond acceptors (Lipinski definition) is 3. The van der Waals surface area contributed by atoms with E-state index in [1.165, 1.54) is 22.3 Å². The summed E-state index contributed by atoms with van der Waals surface area (Å²) in [5.41, 5.74) is 5.06. The molecule has 0 spiro atoms. The predicted octanol–water partition coefficient (Wildman–Crippen LogP) is 5.62. The maximum atomic E-state index is 5.71. The number of ether oxygens (including phenoxy) is 2. The van der Waals surface area contributed by atoms with Crippen molar-refractivity contribution in [3.63, 3.8) is 0 Å². The van der Waals surface area contributed by atoms with Gasteiger partial charge >= 0.3 is 0 Å². The Hall–Kier alpha value is -2.00. The number of nitrogens with one attached hydrogen (secondary N) is 1. The van der Waals surface area contributed by atoms with Crippen molar-refractivity contribution in [2.45, 2.75) is 58.9 Å². The zero-order chi connectivity index (χ0) is 20.0. The topological polar surface area (TPSA) is 30.5 Å². The Labute approximate surface area is 165 Å². The summed E-state index contributed by atoms with van der Waals surface area (Å²) in [6.07, 6.45) is 2.07. The lowest BCUT2D eigenvalue weighted by molar-refractivity contribution is 0.364. The fraction of sp³-hybridized carbons (Fsp3) is 0.500. The van der Waals surface area contributed by atoms with Crippen molar-refractivity contribution in [1.82, 2.24) is 5.32 Å². The van der Waals surface area contributed by atoms with Gasteiger partial charge in [-0.05, 0) is 59.2 Å². The van der Waals surface area contributed by atoms with Gasteiger partial charge in [-0.15, -0.1) is 0 Å². The summed E-state index contributed by atoms with van der Waals surface area (Å²) in [6, 6.07) is 12.8. The first-order valence-corrected chi connectivity index (χ1v) is 9.85. The van der Waals surface area contributed by atoms with Crippen molar-refractivity contribution in [2.24, 2.45) is 0 Å². The number of hydrogen-bond donors (Lipinski definition) is 1. The zero-order valence-corrected chi connectivity index (χ0v) is 18.0. The second-order valence-corrected chi connectivity index (χ2v) is 8.00. The molecule has 0 aromatic heterocycles. The summed E-state index contributed by atoms with van der Waals surface area (Å²) in [5, 5.41) is 3.70. The molecule has 0 bridgehead atoms. The van der Waals surface area contributed by atoms with E-state index in [2.05, 4.69) is 76.3 Å². The average molecular weight is 370 g/mol. The third kappa shape index (κ3) is 5.49. The van der Waals surface area contributed by atoms with Gasteiger partial charge in [-0.1, -0.05) is 42.3 Å². The van der Waals surface area contributed by atoms with Crippen LogP contribution >= 0.6 is 0 Å². The Morgan fingerprint density at radius 1 is 0.889 bits per heavy atom. The molecule has 0 amide bonds. The van der Waals surface area contributed by atoms with Crippen molar-refractivity contribution in [3.8, 4) is 11.5 Å². The van der Waals surface area contributed by atoms with Gasteiger partial charge in [-0.25, -0.2) is 0 Å². The van der Waals surface area contributed by atoms with E-state index in [4.69, 9.17) is 9.47 Å². The summed E-state index contributed by atoms with van der Waals surface area (Å²) in [7, 11) is 3.49. The van der Waals surface area contributed by atoms with Crippen LogP contribution in [0.1, 0.15) is 61.8 Å². The van der Waals surface area contributed by atoms with E-state index in [9.17, 15) is 0 Å². The van der Waals surface area contributed by atoms with Crippen molar-refractivity contribution in [3.05, 3.63) is 58.7 Å². The molecule has 0 saturated carbocycles. The molecule has 1 N–H and O–H groups in total. The van der Waals surface area contributed by atoms with Crippen LogP contribution in [0.5, 0.6) is 11.5 Å². The van der Waals surface area contributed by atoms with Crippen molar-refractivity contribution in [1.29, 1.82) is 0 Å². The van der Waals surface area contributed by atoms with Crippen LogP contribution in [-0.2, 0) is 0 Å². The molecule has 0 aliphatic heterocycles. The van der Waals surface area contributed by atoms with E-state index in [1.807, 2.05) is 0 Å². The minimum Gasteiger partial charge on any atom is -0.496 e. The van der Waals surface area contributed by atoms with Gasteiger partial charge in [0.05, 0.1) is 14.2 Å². The SMILES string of the molecule is CCC(C)(C)NCCC(c1cc(C)ccc1OC)c1cc(C)ccc1OC. The maximum absolute atomic E-state index is 5.71. The predicted molar refractivity (Wildman–Crippen MR) is 114 cm³/mol. The van der Waals surface area contributed by atoms with Gasteiger partial charge in [0.1, 0.15) is 11.5 Å². The Morgan fingerprint density at radius 2 is 1.37 bits per heavy atom. The Balaban J connectivity index is 2.47. The largest absolute Gasteiger partial charge is 0.496 e. The number of rotatable bonds is 9. The van der Waals surface area contributed by atoms with Gasteiger partial charge < -0.3 is 14.8 Å². The van der Waals surface area contributed by atoms with Crippen LogP contribution in [-0.4, -0.2) is 26.3 Å². The van der Waals surface area contributed by atoms with Crippen molar-refractivity contribution >= 4 is 0 Å². The summed E-state index contributed by atoms with van der Waals surface area (Å²) < 4.78 is 11.4. The minimum absolute atomic E-state index is 0.137. The monoisotopic (exact) mass is 369 g/mol. The third-order valence-electron chi connectivity index (χ3n) is 5.44. The van der Waals surface area contributed by atoms with Crippen LogP contribution in [0.4, 0.5) is 0 Å². The van der Waals surface area contributed by atoms with Crippen molar-refractivity contribution in [2.75, 3.05) is 20.8 Å². The number of methoxy groups -OCH3 is 2. The molecule has 2 aromatic rings. The molecule has 2 aromatic carbocycles. The van der Waals surface area contributed by atoms with E-state index in [1.54, 1.807) is 14.2 Å². The van der Waals surface area contributed by atoms with Gasteiger partial charge in [-0.2, -0.15) is 0 Å². The molecule has 3 heteroatoms. The molecule has 0 fully saturated rings. The van der Waals surface area contributed by atoms with Gasteiger partial charge in [0, 0.05) is 22.6 Å². The van der Waals surface area contributed by atoms with Gasteiger partial charge in [0.2, 0.25) is 0 Å². The molecule has 0 aliphatic rings. The molecule has 0 aliphatic carbocycles. The molecular weight excluding hydrogens is 334 g/mol. The molecular formula is C24H35NO2. The Morgan fingerprint density at radius 3 is 1.78 bits per heavy atom. The van der Waals surface area contributed by atoms with E-state index >= 15 is 0 Å². The standard InChI is InChI=1S/C24H35NO2/c1-8-24(4,5)25-14-13-19(20-15-17(2)9-11-22(20)26-6)21-16-18(3)10-12-23(21)27-7/h9-12,15-16,19,25H,8,13-14H2,1-7H3. The summed E-state index contributed by atoms with van der Waals surface area (Å²) in [5.74, 6) is 2.07. The highest BCUT2D eigenvalue weighted by Gasteiger charge is 2.23. The summed E-state index contributed by atoms with van der Waals surface area (Å²) in [6.45, 7) is 11.9. The van der Waals surface area contributed by atoms with Crippen molar-refractivity contribution < 1.29 is 9.47 Å². The number of aryl methyl sites for hydroxylation is 2. The second-order valence-electron chi connectivity index (χ2n) is 8.00. The van der Waals surface area contributed by atoms with Crippen LogP contribution < -0.4 is 14.8 Å². The smallest absolute Gasteiger partial charge is 0.122 e. The average Bonchev–Trinajstić information content (AvgIpc) is 2.65. The normalized spacial score (nSPS) is 11.7. The van der Waals surface area contributed by atoms with Gasteiger partial charge in [-0.3, -0.25) is 0 Å².